The Kier molecular flexibility index (Phi) is 3.08. The molecular weight excluding hydrogens is 209 g/mol. The third-order valence-corrected chi connectivity index (χ3v) is 2.79. The number of carbonyl (C=O) groups is 1. The van der Waals surface area contributed by atoms with E-state index in [1.54, 1.807) is 12.1 Å². The molecule has 4 heteroatoms. The number of carboxylic acids is 1. The molecule has 1 aliphatic rings. The van der Waals surface area contributed by atoms with Gasteiger partial charge in [-0.15, -0.1) is 0 Å². The van der Waals surface area contributed by atoms with Gasteiger partial charge >= 0.3 is 5.97 Å². The summed E-state index contributed by atoms with van der Waals surface area (Å²) in [6.45, 7) is 1.18. The molecule has 0 aliphatic carbocycles. The summed E-state index contributed by atoms with van der Waals surface area (Å²) in [5.74, 6) is -0.835. The molecule has 2 rings (SSSR count). The Hall–Kier alpha value is -1.58. The Morgan fingerprint density at radius 3 is 2.62 bits per heavy atom. The van der Waals surface area contributed by atoms with Crippen LogP contribution in [0.4, 0.5) is 10.1 Å². The quantitative estimate of drug-likeness (QED) is 0.850. The Balaban J connectivity index is 2.04. The monoisotopic (exact) mass is 223 g/mol. The van der Waals surface area contributed by atoms with Crippen molar-refractivity contribution in [2.75, 3.05) is 18.0 Å². The summed E-state index contributed by atoms with van der Waals surface area (Å²) in [5.41, 5.74) is 1.74. The number of carboxylic acid groups (broad SMARTS) is 1. The van der Waals surface area contributed by atoms with Crippen LogP contribution in [-0.4, -0.2) is 30.3 Å². The number of alkyl halides is 1. The van der Waals surface area contributed by atoms with Gasteiger partial charge in [-0.1, -0.05) is 12.1 Å². The average Bonchev–Trinajstić information content (AvgIpc) is 2.65. The van der Waals surface area contributed by atoms with Crippen molar-refractivity contribution in [1.82, 2.24) is 0 Å². The SMILES string of the molecule is O=C(O)Cc1ccc(N2CCC(F)C2)cc1. The van der Waals surface area contributed by atoms with Crippen LogP contribution in [0.2, 0.25) is 0 Å². The van der Waals surface area contributed by atoms with Crippen molar-refractivity contribution in [1.29, 1.82) is 0 Å². The molecule has 1 aromatic carbocycles. The lowest BCUT2D eigenvalue weighted by Crippen LogP contribution is -2.19. The molecule has 0 amide bonds. The minimum atomic E-state index is -0.835. The number of nitrogens with zero attached hydrogens (tertiary/aromatic N) is 1. The summed E-state index contributed by atoms with van der Waals surface area (Å²) >= 11 is 0. The summed E-state index contributed by atoms with van der Waals surface area (Å²) in [7, 11) is 0. The van der Waals surface area contributed by atoms with E-state index in [0.717, 1.165) is 17.8 Å². The van der Waals surface area contributed by atoms with Crippen molar-refractivity contribution >= 4 is 11.7 Å². The highest BCUT2D eigenvalue weighted by Gasteiger charge is 2.21. The number of halogens is 1. The van der Waals surface area contributed by atoms with Gasteiger partial charge in [-0.2, -0.15) is 0 Å². The molecule has 1 aliphatic heterocycles. The highest BCUT2D eigenvalue weighted by atomic mass is 19.1. The van der Waals surface area contributed by atoms with E-state index < -0.39 is 12.1 Å². The molecule has 1 N–H and O–H groups in total. The number of anilines is 1. The maximum absolute atomic E-state index is 13.0. The first-order chi connectivity index (χ1) is 7.65. The van der Waals surface area contributed by atoms with Crippen LogP contribution in [0.1, 0.15) is 12.0 Å². The third-order valence-electron chi connectivity index (χ3n) is 2.79. The molecule has 1 unspecified atom stereocenters. The Morgan fingerprint density at radius 2 is 2.12 bits per heavy atom. The second kappa shape index (κ2) is 4.51. The molecule has 0 saturated carbocycles. The minimum absolute atomic E-state index is 0.0337. The van der Waals surface area contributed by atoms with Crippen LogP contribution in [0, 0.1) is 0 Å². The molecule has 16 heavy (non-hydrogen) atoms. The van der Waals surface area contributed by atoms with Gasteiger partial charge in [-0.25, -0.2) is 4.39 Å². The van der Waals surface area contributed by atoms with Crippen LogP contribution in [0.25, 0.3) is 0 Å². The molecule has 0 radical (unpaired) electrons. The van der Waals surface area contributed by atoms with E-state index in [1.807, 2.05) is 17.0 Å². The molecule has 1 saturated heterocycles. The van der Waals surface area contributed by atoms with Gasteiger partial charge in [-0.05, 0) is 24.1 Å². The largest absolute Gasteiger partial charge is 0.481 e. The molecule has 0 spiro atoms. The molecule has 1 heterocycles. The summed E-state index contributed by atoms with van der Waals surface area (Å²) in [6, 6.07) is 7.29. The van der Waals surface area contributed by atoms with Crippen molar-refractivity contribution in [3.63, 3.8) is 0 Å². The van der Waals surface area contributed by atoms with Crippen LogP contribution >= 0.6 is 0 Å². The van der Waals surface area contributed by atoms with Crippen molar-refractivity contribution in [2.24, 2.45) is 0 Å². The van der Waals surface area contributed by atoms with Gasteiger partial charge in [0, 0.05) is 18.8 Å². The van der Waals surface area contributed by atoms with Crippen LogP contribution in [0.15, 0.2) is 24.3 Å². The van der Waals surface area contributed by atoms with Gasteiger partial charge in [0.1, 0.15) is 6.17 Å². The smallest absolute Gasteiger partial charge is 0.307 e. The molecule has 1 atom stereocenters. The van der Waals surface area contributed by atoms with Gasteiger partial charge in [0.05, 0.1) is 6.42 Å². The second-order valence-corrected chi connectivity index (χ2v) is 4.07. The normalized spacial score (nSPS) is 20.1. The van der Waals surface area contributed by atoms with Crippen molar-refractivity contribution in [2.45, 2.75) is 19.0 Å². The molecule has 3 nitrogen and oxygen atoms in total. The van der Waals surface area contributed by atoms with E-state index in [0.29, 0.717) is 13.0 Å². The number of aliphatic carboxylic acids is 1. The van der Waals surface area contributed by atoms with Gasteiger partial charge in [0.2, 0.25) is 0 Å². The first-order valence-corrected chi connectivity index (χ1v) is 5.35. The predicted octanol–water partition coefficient (Wildman–Crippen LogP) is 1.86. The molecule has 1 fully saturated rings. The molecule has 86 valence electrons. The van der Waals surface area contributed by atoms with Crippen molar-refractivity contribution in [3.8, 4) is 0 Å². The van der Waals surface area contributed by atoms with Crippen LogP contribution < -0.4 is 4.90 Å². The van der Waals surface area contributed by atoms with E-state index in [9.17, 15) is 9.18 Å². The highest BCUT2D eigenvalue weighted by molar-refractivity contribution is 5.70. The molecule has 0 bridgehead atoms. The Bertz CT molecular complexity index is 377. The maximum Gasteiger partial charge on any atom is 0.307 e. The lowest BCUT2D eigenvalue weighted by Gasteiger charge is -2.17. The summed E-state index contributed by atoms with van der Waals surface area (Å²) < 4.78 is 13.0. The average molecular weight is 223 g/mol. The van der Waals surface area contributed by atoms with Crippen LogP contribution in [-0.2, 0) is 11.2 Å². The fourth-order valence-electron chi connectivity index (χ4n) is 1.95. The number of hydrogen-bond acceptors (Lipinski definition) is 2. The molecule has 1 aromatic rings. The zero-order valence-corrected chi connectivity index (χ0v) is 8.90. The van der Waals surface area contributed by atoms with Gasteiger partial charge in [0.25, 0.3) is 0 Å². The topological polar surface area (TPSA) is 40.5 Å². The van der Waals surface area contributed by atoms with Gasteiger partial charge in [-0.3, -0.25) is 4.79 Å². The zero-order chi connectivity index (χ0) is 11.5. The number of benzene rings is 1. The first kappa shape index (κ1) is 10.9. The summed E-state index contributed by atoms with van der Waals surface area (Å²) in [4.78, 5) is 12.5. The maximum atomic E-state index is 13.0. The number of hydrogen-bond donors (Lipinski definition) is 1. The predicted molar refractivity (Wildman–Crippen MR) is 59.5 cm³/mol. The van der Waals surface area contributed by atoms with Crippen LogP contribution in [0.3, 0.4) is 0 Å². The van der Waals surface area contributed by atoms with E-state index >= 15 is 0 Å². The van der Waals surface area contributed by atoms with E-state index in [2.05, 4.69) is 0 Å². The van der Waals surface area contributed by atoms with Crippen LogP contribution in [0.5, 0.6) is 0 Å². The van der Waals surface area contributed by atoms with E-state index in [1.165, 1.54) is 0 Å². The van der Waals surface area contributed by atoms with E-state index in [4.69, 9.17) is 5.11 Å². The lowest BCUT2D eigenvalue weighted by atomic mass is 10.1. The Morgan fingerprint density at radius 1 is 1.44 bits per heavy atom. The second-order valence-electron chi connectivity index (χ2n) is 4.07. The standard InChI is InChI=1S/C12H14FNO2/c13-10-5-6-14(8-10)11-3-1-9(2-4-11)7-12(15)16/h1-4,10H,5-8H2,(H,15,16). The van der Waals surface area contributed by atoms with E-state index in [-0.39, 0.29) is 6.42 Å². The van der Waals surface area contributed by atoms with Gasteiger partial charge < -0.3 is 10.0 Å². The minimum Gasteiger partial charge on any atom is -0.481 e. The third kappa shape index (κ3) is 2.51. The van der Waals surface area contributed by atoms with Crippen molar-refractivity contribution in [3.05, 3.63) is 29.8 Å². The molecular formula is C12H14FNO2. The summed E-state index contributed by atoms with van der Waals surface area (Å²) in [6.07, 6.45) is -0.123. The molecule has 0 aromatic heterocycles. The first-order valence-electron chi connectivity index (χ1n) is 5.35. The van der Waals surface area contributed by atoms with Crippen molar-refractivity contribution < 1.29 is 14.3 Å². The number of rotatable bonds is 3. The van der Waals surface area contributed by atoms with Gasteiger partial charge in [0.15, 0.2) is 0 Å². The fourth-order valence-corrected chi connectivity index (χ4v) is 1.95. The fraction of sp³-hybridized carbons (Fsp3) is 0.417. The Labute approximate surface area is 93.5 Å². The zero-order valence-electron chi connectivity index (χ0n) is 8.90. The highest BCUT2D eigenvalue weighted by Crippen LogP contribution is 2.22. The lowest BCUT2D eigenvalue weighted by molar-refractivity contribution is -0.136. The summed E-state index contributed by atoms with van der Waals surface area (Å²) in [5, 5.41) is 8.62.